The number of rotatable bonds is 9. The summed E-state index contributed by atoms with van der Waals surface area (Å²) < 4.78 is 5.49. The van der Waals surface area contributed by atoms with Gasteiger partial charge in [0.05, 0.1) is 18.0 Å². The van der Waals surface area contributed by atoms with E-state index in [9.17, 15) is 19.2 Å². The van der Waals surface area contributed by atoms with Crippen LogP contribution >= 0.6 is 0 Å². The standard InChI is InChI=1S/C25H29N3O5/c26-23(30)19-13-7-8-14-20(19)28-22(29)16-27-24(31)21(15-17-9-3-1-4-10-17)33-25(32)18-11-5-2-6-12-18/h1-6,9-12,19-21H,7-8,13-16H2,(H2,26,30)(H,27,31)(H,28,29)/t19-,20-,21+/m1/s1. The predicted molar refractivity (Wildman–Crippen MR) is 122 cm³/mol. The highest BCUT2D eigenvalue weighted by Crippen LogP contribution is 2.24. The molecule has 0 bridgehead atoms. The lowest BCUT2D eigenvalue weighted by Crippen LogP contribution is -2.50. The molecule has 8 heteroatoms. The van der Waals surface area contributed by atoms with Crippen LogP contribution in [-0.2, 0) is 25.5 Å². The zero-order chi connectivity index (χ0) is 23.6. The number of ether oxygens (including phenoxy) is 1. The summed E-state index contributed by atoms with van der Waals surface area (Å²) in [6.07, 6.45) is 2.15. The van der Waals surface area contributed by atoms with Crippen LogP contribution in [0.4, 0.5) is 0 Å². The van der Waals surface area contributed by atoms with E-state index < -0.39 is 35.7 Å². The smallest absolute Gasteiger partial charge is 0.338 e. The van der Waals surface area contributed by atoms with E-state index in [1.807, 2.05) is 30.3 Å². The van der Waals surface area contributed by atoms with E-state index in [-0.39, 0.29) is 19.0 Å². The number of amides is 3. The number of nitrogens with two attached hydrogens (primary N) is 1. The summed E-state index contributed by atoms with van der Waals surface area (Å²) in [5.41, 5.74) is 6.60. The third kappa shape index (κ3) is 7.17. The van der Waals surface area contributed by atoms with Crippen molar-refractivity contribution in [3.05, 3.63) is 71.8 Å². The van der Waals surface area contributed by atoms with Crippen molar-refractivity contribution in [2.45, 2.75) is 44.2 Å². The Morgan fingerprint density at radius 1 is 0.939 bits per heavy atom. The van der Waals surface area contributed by atoms with Gasteiger partial charge in [0.25, 0.3) is 5.91 Å². The van der Waals surface area contributed by atoms with Crippen LogP contribution in [0.15, 0.2) is 60.7 Å². The second kappa shape index (κ2) is 11.8. The highest BCUT2D eigenvalue weighted by atomic mass is 16.5. The summed E-state index contributed by atoms with van der Waals surface area (Å²) in [5.74, 6) is -2.46. The van der Waals surface area contributed by atoms with Gasteiger partial charge in [0.15, 0.2) is 6.10 Å². The van der Waals surface area contributed by atoms with Crippen molar-refractivity contribution < 1.29 is 23.9 Å². The highest BCUT2D eigenvalue weighted by molar-refractivity contribution is 5.93. The van der Waals surface area contributed by atoms with Gasteiger partial charge in [-0.25, -0.2) is 4.79 Å². The number of hydrogen-bond acceptors (Lipinski definition) is 5. The number of carbonyl (C=O) groups excluding carboxylic acids is 4. The molecule has 2 aromatic rings. The lowest BCUT2D eigenvalue weighted by molar-refractivity contribution is -0.133. The lowest BCUT2D eigenvalue weighted by Gasteiger charge is -2.30. The molecular weight excluding hydrogens is 422 g/mol. The highest BCUT2D eigenvalue weighted by Gasteiger charge is 2.31. The minimum Gasteiger partial charge on any atom is -0.448 e. The molecule has 1 aliphatic carbocycles. The van der Waals surface area contributed by atoms with Crippen LogP contribution in [0, 0.1) is 5.92 Å². The molecule has 33 heavy (non-hydrogen) atoms. The Labute approximate surface area is 192 Å². The van der Waals surface area contributed by atoms with E-state index in [2.05, 4.69) is 10.6 Å². The first kappa shape index (κ1) is 24.0. The minimum atomic E-state index is -1.11. The molecule has 0 heterocycles. The van der Waals surface area contributed by atoms with Crippen LogP contribution < -0.4 is 16.4 Å². The van der Waals surface area contributed by atoms with Crippen LogP contribution in [0.2, 0.25) is 0 Å². The van der Waals surface area contributed by atoms with Gasteiger partial charge in [-0.1, -0.05) is 61.4 Å². The lowest BCUT2D eigenvalue weighted by atomic mass is 9.84. The van der Waals surface area contributed by atoms with Gasteiger partial charge in [-0.15, -0.1) is 0 Å². The molecular formula is C25H29N3O5. The van der Waals surface area contributed by atoms with Crippen LogP contribution in [0.1, 0.15) is 41.6 Å². The Hall–Kier alpha value is -3.68. The van der Waals surface area contributed by atoms with E-state index in [4.69, 9.17) is 10.5 Å². The first-order chi connectivity index (χ1) is 15.9. The van der Waals surface area contributed by atoms with Crippen LogP contribution in [0.3, 0.4) is 0 Å². The van der Waals surface area contributed by atoms with Gasteiger partial charge in [-0.05, 0) is 30.5 Å². The number of nitrogens with one attached hydrogen (secondary N) is 2. The number of hydrogen-bond donors (Lipinski definition) is 3. The molecule has 0 saturated heterocycles. The Bertz CT molecular complexity index is 965. The van der Waals surface area contributed by atoms with E-state index in [0.717, 1.165) is 18.4 Å². The molecule has 0 aliphatic heterocycles. The molecule has 2 aromatic carbocycles. The summed E-state index contributed by atoms with van der Waals surface area (Å²) in [4.78, 5) is 49.4. The Morgan fingerprint density at radius 3 is 2.24 bits per heavy atom. The first-order valence-electron chi connectivity index (χ1n) is 11.1. The quantitative estimate of drug-likeness (QED) is 0.500. The molecule has 174 valence electrons. The van der Waals surface area contributed by atoms with Crippen LogP contribution in [0.5, 0.6) is 0 Å². The molecule has 4 N–H and O–H groups in total. The third-order valence-electron chi connectivity index (χ3n) is 5.72. The van der Waals surface area contributed by atoms with E-state index in [0.29, 0.717) is 18.4 Å². The Kier molecular flexibility index (Phi) is 8.57. The van der Waals surface area contributed by atoms with Crippen molar-refractivity contribution in [1.29, 1.82) is 0 Å². The van der Waals surface area contributed by atoms with Gasteiger partial charge in [0.2, 0.25) is 11.8 Å². The SMILES string of the molecule is NC(=O)[C@@H]1CCCC[C@H]1NC(=O)CNC(=O)[C@H](Cc1ccccc1)OC(=O)c1ccccc1. The Balaban J connectivity index is 1.61. The summed E-state index contributed by atoms with van der Waals surface area (Å²) in [6, 6.07) is 17.2. The number of carbonyl (C=O) groups is 4. The minimum absolute atomic E-state index is 0.166. The fourth-order valence-electron chi connectivity index (χ4n) is 3.97. The van der Waals surface area contributed by atoms with Crippen LogP contribution in [-0.4, -0.2) is 42.4 Å². The molecule has 0 aromatic heterocycles. The predicted octanol–water partition coefficient (Wildman–Crippen LogP) is 1.73. The molecule has 0 unspecified atom stereocenters. The average molecular weight is 452 g/mol. The van der Waals surface area contributed by atoms with Gasteiger partial charge in [-0.3, -0.25) is 14.4 Å². The van der Waals surface area contributed by atoms with Crippen molar-refractivity contribution in [2.75, 3.05) is 6.54 Å². The van der Waals surface area contributed by atoms with Gasteiger partial charge in [-0.2, -0.15) is 0 Å². The van der Waals surface area contributed by atoms with Crippen molar-refractivity contribution in [2.24, 2.45) is 11.7 Å². The molecule has 1 aliphatic rings. The largest absolute Gasteiger partial charge is 0.448 e. The zero-order valence-electron chi connectivity index (χ0n) is 18.4. The van der Waals surface area contributed by atoms with E-state index in [1.165, 1.54) is 0 Å². The maximum Gasteiger partial charge on any atom is 0.338 e. The normalized spacial score (nSPS) is 18.5. The number of esters is 1. The fourth-order valence-corrected chi connectivity index (χ4v) is 3.97. The summed E-state index contributed by atoms with van der Waals surface area (Å²) in [6.45, 7) is -0.297. The number of primary amides is 1. The van der Waals surface area contributed by atoms with Gasteiger partial charge in [0.1, 0.15) is 0 Å². The van der Waals surface area contributed by atoms with Crippen LogP contribution in [0.25, 0.3) is 0 Å². The maximum absolute atomic E-state index is 12.8. The van der Waals surface area contributed by atoms with Gasteiger partial charge in [0, 0.05) is 12.5 Å². The fraction of sp³-hybridized carbons (Fsp3) is 0.360. The van der Waals surface area contributed by atoms with E-state index in [1.54, 1.807) is 30.3 Å². The summed E-state index contributed by atoms with van der Waals surface area (Å²) in [7, 11) is 0. The van der Waals surface area contributed by atoms with Crippen molar-refractivity contribution in [3.63, 3.8) is 0 Å². The monoisotopic (exact) mass is 451 g/mol. The molecule has 3 atom stereocenters. The topological polar surface area (TPSA) is 128 Å². The molecule has 0 radical (unpaired) electrons. The molecule has 8 nitrogen and oxygen atoms in total. The van der Waals surface area contributed by atoms with Gasteiger partial charge >= 0.3 is 5.97 Å². The van der Waals surface area contributed by atoms with Crippen molar-refractivity contribution in [1.82, 2.24) is 10.6 Å². The maximum atomic E-state index is 12.8. The number of benzene rings is 2. The molecule has 3 rings (SSSR count). The van der Waals surface area contributed by atoms with Crippen molar-refractivity contribution >= 4 is 23.7 Å². The van der Waals surface area contributed by atoms with E-state index >= 15 is 0 Å². The first-order valence-corrected chi connectivity index (χ1v) is 11.1. The molecule has 1 fully saturated rings. The van der Waals surface area contributed by atoms with Crippen molar-refractivity contribution in [3.8, 4) is 0 Å². The summed E-state index contributed by atoms with van der Waals surface area (Å²) >= 11 is 0. The molecule has 1 saturated carbocycles. The second-order valence-electron chi connectivity index (χ2n) is 8.13. The Morgan fingerprint density at radius 2 is 1.58 bits per heavy atom. The summed E-state index contributed by atoms with van der Waals surface area (Å²) in [5, 5.41) is 5.35. The third-order valence-corrected chi connectivity index (χ3v) is 5.72. The molecule has 3 amide bonds. The molecule has 0 spiro atoms. The second-order valence-corrected chi connectivity index (χ2v) is 8.13. The van der Waals surface area contributed by atoms with Gasteiger partial charge < -0.3 is 21.1 Å². The average Bonchev–Trinajstić information content (AvgIpc) is 2.83. The zero-order valence-corrected chi connectivity index (χ0v) is 18.4.